The van der Waals surface area contributed by atoms with E-state index in [9.17, 15) is 14.4 Å². The third-order valence-electron chi connectivity index (χ3n) is 2.91. The standard InChI is InChI=1S/C11H19N3O4/c12-9(15)4-3-8(11(17)18)14-10(16)6-7-2-1-5-13-7/h7-8,13H,1-6H2,(H2,12,15)(H,14,16)(H,17,18)/t7?,8-/m0/s1. The Hall–Kier alpha value is -1.63. The number of primary amides is 1. The third kappa shape index (κ3) is 5.13. The molecule has 102 valence electrons. The first-order valence-corrected chi connectivity index (χ1v) is 6.03. The quantitative estimate of drug-likeness (QED) is 0.464. The maximum Gasteiger partial charge on any atom is 0.326 e. The molecule has 1 heterocycles. The average Bonchev–Trinajstić information content (AvgIpc) is 2.76. The van der Waals surface area contributed by atoms with E-state index in [4.69, 9.17) is 10.8 Å². The van der Waals surface area contributed by atoms with E-state index in [2.05, 4.69) is 10.6 Å². The first-order chi connectivity index (χ1) is 8.49. The summed E-state index contributed by atoms with van der Waals surface area (Å²) in [4.78, 5) is 33.1. The monoisotopic (exact) mass is 257 g/mol. The number of hydrogen-bond donors (Lipinski definition) is 4. The zero-order valence-electron chi connectivity index (χ0n) is 10.1. The maximum absolute atomic E-state index is 11.6. The van der Waals surface area contributed by atoms with E-state index in [1.807, 2.05) is 0 Å². The molecule has 2 amide bonds. The summed E-state index contributed by atoms with van der Waals surface area (Å²) in [6.07, 6.45) is 2.18. The molecule has 0 aromatic heterocycles. The molecule has 7 heteroatoms. The van der Waals surface area contributed by atoms with E-state index in [-0.39, 0.29) is 31.2 Å². The van der Waals surface area contributed by atoms with Crippen molar-refractivity contribution in [2.75, 3.05) is 6.54 Å². The van der Waals surface area contributed by atoms with Gasteiger partial charge in [0.15, 0.2) is 0 Å². The van der Waals surface area contributed by atoms with Gasteiger partial charge in [-0.3, -0.25) is 9.59 Å². The lowest BCUT2D eigenvalue weighted by atomic mass is 10.1. The Morgan fingerprint density at radius 1 is 1.44 bits per heavy atom. The van der Waals surface area contributed by atoms with Crippen LogP contribution >= 0.6 is 0 Å². The van der Waals surface area contributed by atoms with Crippen molar-refractivity contribution in [3.8, 4) is 0 Å². The van der Waals surface area contributed by atoms with Crippen LogP contribution in [0.3, 0.4) is 0 Å². The molecule has 1 saturated heterocycles. The van der Waals surface area contributed by atoms with Crippen LogP contribution in [0.15, 0.2) is 0 Å². The van der Waals surface area contributed by atoms with Crippen LogP contribution < -0.4 is 16.4 Å². The van der Waals surface area contributed by atoms with Crippen molar-refractivity contribution in [3.05, 3.63) is 0 Å². The molecule has 0 aromatic rings. The molecule has 0 spiro atoms. The van der Waals surface area contributed by atoms with Gasteiger partial charge in [-0.1, -0.05) is 0 Å². The Bertz CT molecular complexity index is 326. The largest absolute Gasteiger partial charge is 0.480 e. The van der Waals surface area contributed by atoms with Crippen molar-refractivity contribution in [2.45, 2.75) is 44.2 Å². The van der Waals surface area contributed by atoms with E-state index in [1.54, 1.807) is 0 Å². The summed E-state index contributed by atoms with van der Waals surface area (Å²) in [5, 5.41) is 14.5. The summed E-state index contributed by atoms with van der Waals surface area (Å²) in [6.45, 7) is 0.891. The first-order valence-electron chi connectivity index (χ1n) is 6.03. The van der Waals surface area contributed by atoms with Gasteiger partial charge in [0.2, 0.25) is 11.8 Å². The first kappa shape index (κ1) is 14.4. The number of carboxylic acids is 1. The molecule has 0 radical (unpaired) electrons. The van der Waals surface area contributed by atoms with Crippen LogP contribution in [0, 0.1) is 0 Å². The molecule has 1 fully saturated rings. The van der Waals surface area contributed by atoms with Crippen LogP contribution in [-0.2, 0) is 14.4 Å². The lowest BCUT2D eigenvalue weighted by molar-refractivity contribution is -0.142. The smallest absolute Gasteiger partial charge is 0.326 e. The van der Waals surface area contributed by atoms with Crippen LogP contribution in [0.2, 0.25) is 0 Å². The molecule has 1 aliphatic heterocycles. The number of rotatable bonds is 7. The summed E-state index contributed by atoms with van der Waals surface area (Å²) in [6, 6.07) is -0.929. The minimum atomic E-state index is -1.15. The van der Waals surface area contributed by atoms with Gasteiger partial charge in [-0.15, -0.1) is 0 Å². The molecule has 0 aliphatic carbocycles. The number of carboxylic acid groups (broad SMARTS) is 1. The molecule has 2 atom stereocenters. The minimum Gasteiger partial charge on any atom is -0.480 e. The Morgan fingerprint density at radius 2 is 2.17 bits per heavy atom. The average molecular weight is 257 g/mol. The highest BCUT2D eigenvalue weighted by Crippen LogP contribution is 2.09. The van der Waals surface area contributed by atoms with Gasteiger partial charge in [0.05, 0.1) is 0 Å². The number of nitrogens with one attached hydrogen (secondary N) is 2. The molecule has 0 bridgehead atoms. The van der Waals surface area contributed by atoms with Crippen molar-refractivity contribution >= 4 is 17.8 Å². The molecule has 18 heavy (non-hydrogen) atoms. The Morgan fingerprint density at radius 3 is 2.67 bits per heavy atom. The Labute approximate surface area is 105 Å². The highest BCUT2D eigenvalue weighted by atomic mass is 16.4. The molecule has 1 rings (SSSR count). The third-order valence-corrected chi connectivity index (χ3v) is 2.91. The van der Waals surface area contributed by atoms with Crippen molar-refractivity contribution in [3.63, 3.8) is 0 Å². The number of carbonyl (C=O) groups excluding carboxylic acids is 2. The second-order valence-corrected chi connectivity index (χ2v) is 4.46. The van der Waals surface area contributed by atoms with E-state index >= 15 is 0 Å². The van der Waals surface area contributed by atoms with Gasteiger partial charge < -0.3 is 21.5 Å². The topological polar surface area (TPSA) is 122 Å². The lowest BCUT2D eigenvalue weighted by Gasteiger charge is -2.15. The number of nitrogens with two attached hydrogens (primary N) is 1. The van der Waals surface area contributed by atoms with Crippen molar-refractivity contribution in [1.82, 2.24) is 10.6 Å². The molecular formula is C11H19N3O4. The second kappa shape index (κ2) is 6.95. The fourth-order valence-corrected chi connectivity index (χ4v) is 1.95. The zero-order valence-corrected chi connectivity index (χ0v) is 10.1. The van der Waals surface area contributed by atoms with Gasteiger partial charge in [-0.05, 0) is 25.8 Å². The predicted molar refractivity (Wildman–Crippen MR) is 63.6 cm³/mol. The van der Waals surface area contributed by atoms with Crippen LogP contribution in [-0.4, -0.2) is 41.5 Å². The summed E-state index contributed by atoms with van der Waals surface area (Å²) in [7, 11) is 0. The Balaban J connectivity index is 2.36. The fourth-order valence-electron chi connectivity index (χ4n) is 1.95. The molecule has 0 aromatic carbocycles. The number of aliphatic carboxylic acids is 1. The van der Waals surface area contributed by atoms with Crippen molar-refractivity contribution in [2.24, 2.45) is 5.73 Å². The maximum atomic E-state index is 11.6. The van der Waals surface area contributed by atoms with Crippen LogP contribution in [0.25, 0.3) is 0 Å². The molecule has 1 aliphatic rings. The molecular weight excluding hydrogens is 238 g/mol. The molecule has 7 nitrogen and oxygen atoms in total. The lowest BCUT2D eigenvalue weighted by Crippen LogP contribution is -2.43. The second-order valence-electron chi connectivity index (χ2n) is 4.46. The van der Waals surface area contributed by atoms with Gasteiger partial charge >= 0.3 is 5.97 Å². The molecule has 1 unspecified atom stereocenters. The van der Waals surface area contributed by atoms with Crippen LogP contribution in [0.1, 0.15) is 32.1 Å². The number of hydrogen-bond acceptors (Lipinski definition) is 4. The fraction of sp³-hybridized carbons (Fsp3) is 0.727. The highest BCUT2D eigenvalue weighted by molar-refractivity contribution is 5.84. The Kier molecular flexibility index (Phi) is 5.57. The van der Waals surface area contributed by atoms with Gasteiger partial charge in [0.1, 0.15) is 6.04 Å². The van der Waals surface area contributed by atoms with E-state index in [0.717, 1.165) is 19.4 Å². The molecule has 5 N–H and O–H groups in total. The van der Waals surface area contributed by atoms with Crippen molar-refractivity contribution < 1.29 is 19.5 Å². The van der Waals surface area contributed by atoms with Crippen molar-refractivity contribution in [1.29, 1.82) is 0 Å². The SMILES string of the molecule is NC(=O)CC[C@H](NC(=O)CC1CCCN1)C(=O)O. The number of carbonyl (C=O) groups is 3. The van der Waals surface area contributed by atoms with Crippen LogP contribution in [0.4, 0.5) is 0 Å². The van der Waals surface area contributed by atoms with Gasteiger partial charge in [0.25, 0.3) is 0 Å². The zero-order chi connectivity index (χ0) is 13.5. The van der Waals surface area contributed by atoms with E-state index in [0.29, 0.717) is 0 Å². The molecule has 0 saturated carbocycles. The predicted octanol–water partition coefficient (Wildman–Crippen LogP) is -1.04. The summed E-state index contributed by atoms with van der Waals surface area (Å²) in [5.41, 5.74) is 4.95. The van der Waals surface area contributed by atoms with Gasteiger partial charge in [-0.25, -0.2) is 4.79 Å². The summed E-state index contributed by atoms with van der Waals surface area (Å²) < 4.78 is 0. The number of amides is 2. The van der Waals surface area contributed by atoms with E-state index < -0.39 is 17.9 Å². The highest BCUT2D eigenvalue weighted by Gasteiger charge is 2.23. The minimum absolute atomic E-state index is 0.0223. The van der Waals surface area contributed by atoms with E-state index in [1.165, 1.54) is 0 Å². The normalized spacial score (nSPS) is 20.3. The summed E-state index contributed by atoms with van der Waals surface area (Å²) in [5.74, 6) is -2.04. The van der Waals surface area contributed by atoms with Crippen LogP contribution in [0.5, 0.6) is 0 Å². The van der Waals surface area contributed by atoms with Gasteiger partial charge in [0, 0.05) is 18.9 Å². The summed E-state index contributed by atoms with van der Waals surface area (Å²) >= 11 is 0. The van der Waals surface area contributed by atoms with Gasteiger partial charge in [-0.2, -0.15) is 0 Å².